The van der Waals surface area contributed by atoms with Crippen molar-refractivity contribution < 1.29 is 14.0 Å². The van der Waals surface area contributed by atoms with Crippen LogP contribution in [0.15, 0.2) is 57.9 Å². The number of nitrogens with one attached hydrogen (secondary N) is 1. The molecule has 0 saturated carbocycles. The fourth-order valence-corrected chi connectivity index (χ4v) is 3.91. The normalized spacial score (nSPS) is 16.5. The van der Waals surface area contributed by atoms with E-state index in [1.54, 1.807) is 30.8 Å². The van der Waals surface area contributed by atoms with Crippen LogP contribution in [0.3, 0.4) is 0 Å². The third kappa shape index (κ3) is 3.45. The van der Waals surface area contributed by atoms with Gasteiger partial charge in [-0.25, -0.2) is 4.68 Å². The number of rotatable bonds is 4. The smallest absolute Gasteiger partial charge is 0.295 e. The molecular weight excluding hydrogens is 384 g/mol. The van der Waals surface area contributed by atoms with Gasteiger partial charge in [-0.15, -0.1) is 0 Å². The first kappa shape index (κ1) is 19.8. The lowest BCUT2D eigenvalue weighted by molar-refractivity contribution is -0.121. The average molecular weight is 408 g/mol. The zero-order valence-electron chi connectivity index (χ0n) is 17.0. The first-order valence-electron chi connectivity index (χ1n) is 9.98. The van der Waals surface area contributed by atoms with Crippen molar-refractivity contribution in [2.75, 3.05) is 11.9 Å². The number of carbonyl (C=O) groups is 2. The molecule has 30 heavy (non-hydrogen) atoms. The zero-order valence-corrected chi connectivity index (χ0v) is 17.0. The lowest BCUT2D eigenvalue weighted by Crippen LogP contribution is -2.50. The Labute approximate surface area is 173 Å². The largest absolute Gasteiger partial charge is 0.459 e. The fourth-order valence-electron chi connectivity index (χ4n) is 3.91. The molecule has 1 aliphatic rings. The van der Waals surface area contributed by atoms with Gasteiger partial charge in [0, 0.05) is 13.6 Å². The number of para-hydroxylation sites is 1. The molecule has 1 aromatic carbocycles. The van der Waals surface area contributed by atoms with Crippen molar-refractivity contribution >= 4 is 17.5 Å². The number of hydrogen-bond acceptors (Lipinski definition) is 4. The van der Waals surface area contributed by atoms with Crippen molar-refractivity contribution in [1.29, 1.82) is 0 Å². The summed E-state index contributed by atoms with van der Waals surface area (Å²) in [5.74, 6) is -0.469. The van der Waals surface area contributed by atoms with Crippen LogP contribution in [0.5, 0.6) is 0 Å². The predicted molar refractivity (Wildman–Crippen MR) is 112 cm³/mol. The van der Waals surface area contributed by atoms with Crippen molar-refractivity contribution in [2.45, 2.75) is 32.2 Å². The number of amides is 2. The Morgan fingerprint density at radius 3 is 2.57 bits per heavy atom. The summed E-state index contributed by atoms with van der Waals surface area (Å²) in [5, 5.41) is 2.79. The first-order chi connectivity index (χ1) is 14.5. The minimum atomic E-state index is -0.652. The molecule has 2 amide bonds. The lowest BCUT2D eigenvalue weighted by atomic mass is 10.0. The van der Waals surface area contributed by atoms with Crippen molar-refractivity contribution in [3.63, 3.8) is 0 Å². The molecule has 0 radical (unpaired) electrons. The number of likely N-dealkylation sites (tertiary alicyclic amines) is 1. The van der Waals surface area contributed by atoms with E-state index in [2.05, 4.69) is 5.32 Å². The molecule has 2 aromatic heterocycles. The van der Waals surface area contributed by atoms with E-state index in [0.29, 0.717) is 24.3 Å². The number of benzene rings is 1. The van der Waals surface area contributed by atoms with Crippen molar-refractivity contribution in [3.05, 3.63) is 70.5 Å². The molecule has 0 spiro atoms. The van der Waals surface area contributed by atoms with Crippen molar-refractivity contribution in [1.82, 2.24) is 14.3 Å². The number of nitrogens with zero attached hydrogens (tertiary/aromatic N) is 3. The molecule has 0 bridgehead atoms. The average Bonchev–Trinajstić information content (AvgIpc) is 3.38. The second kappa shape index (κ2) is 8.06. The molecule has 4 rings (SSSR count). The van der Waals surface area contributed by atoms with Gasteiger partial charge in [0.15, 0.2) is 5.76 Å². The summed E-state index contributed by atoms with van der Waals surface area (Å²) in [6.07, 6.45) is 3.63. The highest BCUT2D eigenvalue weighted by molar-refractivity contribution is 6.00. The molecule has 3 heterocycles. The molecule has 1 saturated heterocycles. The molecule has 3 aromatic rings. The first-order valence-corrected chi connectivity index (χ1v) is 9.98. The molecule has 8 nitrogen and oxygen atoms in total. The van der Waals surface area contributed by atoms with E-state index in [-0.39, 0.29) is 28.8 Å². The summed E-state index contributed by atoms with van der Waals surface area (Å²) in [7, 11) is 1.77. The summed E-state index contributed by atoms with van der Waals surface area (Å²) < 4.78 is 8.44. The highest BCUT2D eigenvalue weighted by Gasteiger charge is 2.34. The number of anilines is 1. The van der Waals surface area contributed by atoms with Crippen LogP contribution < -0.4 is 10.9 Å². The Morgan fingerprint density at radius 1 is 1.10 bits per heavy atom. The van der Waals surface area contributed by atoms with Crippen LogP contribution in [0.4, 0.5) is 5.69 Å². The molecule has 8 heteroatoms. The van der Waals surface area contributed by atoms with E-state index in [4.69, 9.17) is 4.42 Å². The molecule has 1 unspecified atom stereocenters. The van der Waals surface area contributed by atoms with Gasteiger partial charge >= 0.3 is 0 Å². The van der Waals surface area contributed by atoms with Crippen molar-refractivity contribution in [2.24, 2.45) is 7.05 Å². The lowest BCUT2D eigenvalue weighted by Gasteiger charge is -2.34. The number of furan rings is 1. The molecule has 1 fully saturated rings. The van der Waals surface area contributed by atoms with Gasteiger partial charge in [-0.05, 0) is 50.5 Å². The van der Waals surface area contributed by atoms with Crippen LogP contribution in [-0.4, -0.2) is 38.7 Å². The van der Waals surface area contributed by atoms with Crippen LogP contribution in [0.2, 0.25) is 0 Å². The molecular formula is C22H24N4O4. The molecule has 1 aliphatic heterocycles. The number of piperidine rings is 1. The van der Waals surface area contributed by atoms with Gasteiger partial charge in [0.1, 0.15) is 11.7 Å². The summed E-state index contributed by atoms with van der Waals surface area (Å²) in [6, 6.07) is 11.8. The second-order valence-electron chi connectivity index (χ2n) is 7.41. The number of aromatic nitrogens is 2. The Balaban J connectivity index is 1.62. The van der Waals surface area contributed by atoms with Gasteiger partial charge in [0.25, 0.3) is 11.5 Å². The van der Waals surface area contributed by atoms with E-state index >= 15 is 0 Å². The quantitative estimate of drug-likeness (QED) is 0.719. The fraction of sp³-hybridized carbons (Fsp3) is 0.318. The number of carbonyl (C=O) groups excluding carboxylic acids is 2. The second-order valence-corrected chi connectivity index (χ2v) is 7.41. The van der Waals surface area contributed by atoms with Gasteiger partial charge < -0.3 is 14.6 Å². The van der Waals surface area contributed by atoms with E-state index in [1.807, 2.05) is 30.3 Å². The van der Waals surface area contributed by atoms with Crippen LogP contribution in [0.1, 0.15) is 35.5 Å². The van der Waals surface area contributed by atoms with Gasteiger partial charge in [-0.3, -0.25) is 19.1 Å². The molecule has 1 atom stereocenters. The third-order valence-electron chi connectivity index (χ3n) is 5.60. The third-order valence-corrected chi connectivity index (χ3v) is 5.60. The van der Waals surface area contributed by atoms with Crippen LogP contribution in [0.25, 0.3) is 5.69 Å². The van der Waals surface area contributed by atoms with Crippen LogP contribution >= 0.6 is 0 Å². The maximum absolute atomic E-state index is 13.1. The van der Waals surface area contributed by atoms with Crippen LogP contribution in [0, 0.1) is 6.92 Å². The Hall–Kier alpha value is -3.55. The predicted octanol–water partition coefficient (Wildman–Crippen LogP) is 2.71. The van der Waals surface area contributed by atoms with Gasteiger partial charge in [0.05, 0.1) is 17.6 Å². The minimum Gasteiger partial charge on any atom is -0.459 e. The topological polar surface area (TPSA) is 89.5 Å². The van der Waals surface area contributed by atoms with Crippen LogP contribution in [-0.2, 0) is 11.8 Å². The van der Waals surface area contributed by atoms with E-state index in [1.165, 1.54) is 15.8 Å². The molecule has 0 aliphatic carbocycles. The standard InChI is InChI=1S/C22H24N4O4/c1-15-19(22(29)26(24(15)2)16-9-4-3-5-10-16)23-20(27)17-11-6-7-13-25(17)21(28)18-12-8-14-30-18/h3-5,8-10,12,14,17H,6-7,11,13H2,1-2H3,(H,23,27). The van der Waals surface area contributed by atoms with Gasteiger partial charge in [-0.2, -0.15) is 0 Å². The minimum absolute atomic E-state index is 0.206. The maximum atomic E-state index is 13.1. The number of hydrogen-bond donors (Lipinski definition) is 1. The highest BCUT2D eigenvalue weighted by Crippen LogP contribution is 2.22. The monoisotopic (exact) mass is 408 g/mol. The van der Waals surface area contributed by atoms with Crippen molar-refractivity contribution in [3.8, 4) is 5.69 Å². The van der Waals surface area contributed by atoms with E-state index < -0.39 is 6.04 Å². The zero-order chi connectivity index (χ0) is 21.3. The Morgan fingerprint density at radius 2 is 1.87 bits per heavy atom. The van der Waals surface area contributed by atoms with E-state index in [9.17, 15) is 14.4 Å². The van der Waals surface area contributed by atoms with Gasteiger partial charge in [-0.1, -0.05) is 18.2 Å². The Bertz CT molecular complexity index is 1110. The Kier molecular flexibility index (Phi) is 5.31. The maximum Gasteiger partial charge on any atom is 0.295 e. The summed E-state index contributed by atoms with van der Waals surface area (Å²) in [5.41, 5.74) is 1.26. The molecule has 1 N–H and O–H groups in total. The SMILES string of the molecule is Cc1c(NC(=O)C2CCCCN2C(=O)c2ccco2)c(=O)n(-c2ccccc2)n1C. The molecule has 156 valence electrons. The summed E-state index contributed by atoms with van der Waals surface area (Å²) in [4.78, 5) is 40.5. The highest BCUT2D eigenvalue weighted by atomic mass is 16.3. The summed E-state index contributed by atoms with van der Waals surface area (Å²) in [6.45, 7) is 2.25. The summed E-state index contributed by atoms with van der Waals surface area (Å²) >= 11 is 0. The van der Waals surface area contributed by atoms with Gasteiger partial charge in [0.2, 0.25) is 5.91 Å². The van der Waals surface area contributed by atoms with E-state index in [0.717, 1.165) is 12.8 Å².